The van der Waals surface area contributed by atoms with E-state index in [0.717, 1.165) is 31.2 Å². The molecule has 0 aliphatic carbocycles. The molecule has 0 spiro atoms. The van der Waals surface area contributed by atoms with Gasteiger partial charge in [-0.25, -0.2) is 0 Å². The number of hydrogen-bond acceptors (Lipinski definition) is 4. The summed E-state index contributed by atoms with van der Waals surface area (Å²) in [6, 6.07) is 0. The van der Waals surface area contributed by atoms with E-state index in [-0.39, 0.29) is 5.41 Å². The minimum Gasteiger partial charge on any atom is -0.339 e. The molecule has 1 N–H and O–H groups in total. The van der Waals surface area contributed by atoms with E-state index < -0.39 is 0 Å². The molecule has 0 radical (unpaired) electrons. The Morgan fingerprint density at radius 3 is 2.56 bits per heavy atom. The van der Waals surface area contributed by atoms with E-state index in [1.807, 2.05) is 0 Å². The van der Waals surface area contributed by atoms with Gasteiger partial charge < -0.3 is 9.84 Å². The summed E-state index contributed by atoms with van der Waals surface area (Å²) in [6.45, 7) is 8.52. The summed E-state index contributed by atoms with van der Waals surface area (Å²) < 4.78 is 5.29. The van der Waals surface area contributed by atoms with E-state index >= 15 is 0 Å². The van der Waals surface area contributed by atoms with Crippen LogP contribution < -0.4 is 5.32 Å². The molecule has 0 bridgehead atoms. The lowest BCUT2D eigenvalue weighted by molar-refractivity contribution is 0.313. The van der Waals surface area contributed by atoms with Gasteiger partial charge in [0.05, 0.1) is 0 Å². The monoisotopic (exact) mass is 223 g/mol. The third kappa shape index (κ3) is 2.82. The van der Waals surface area contributed by atoms with E-state index in [0.29, 0.717) is 5.92 Å². The van der Waals surface area contributed by atoms with Crippen molar-refractivity contribution in [2.24, 2.45) is 5.92 Å². The van der Waals surface area contributed by atoms with Crippen molar-refractivity contribution in [3.8, 4) is 0 Å². The van der Waals surface area contributed by atoms with Gasteiger partial charge in [-0.15, -0.1) is 0 Å². The molecule has 4 nitrogen and oxygen atoms in total. The third-order valence-electron chi connectivity index (χ3n) is 3.04. The second kappa shape index (κ2) is 4.53. The molecule has 1 aliphatic heterocycles. The molecule has 1 aromatic heterocycles. The Balaban J connectivity index is 1.97. The lowest BCUT2D eigenvalue weighted by Crippen LogP contribution is -2.28. The van der Waals surface area contributed by atoms with Crippen LogP contribution in [-0.2, 0) is 11.8 Å². The smallest absolute Gasteiger partial charge is 0.232 e. The van der Waals surface area contributed by atoms with Gasteiger partial charge in [-0.2, -0.15) is 4.98 Å². The number of aromatic nitrogens is 2. The average molecular weight is 223 g/mol. The first-order valence-electron chi connectivity index (χ1n) is 6.09. The zero-order chi connectivity index (χ0) is 11.6. The molecule has 1 aromatic rings. The van der Waals surface area contributed by atoms with Crippen molar-refractivity contribution in [1.29, 1.82) is 0 Å². The van der Waals surface area contributed by atoms with Crippen LogP contribution in [0.4, 0.5) is 0 Å². The second-order valence-corrected chi connectivity index (χ2v) is 5.66. The van der Waals surface area contributed by atoms with Crippen molar-refractivity contribution in [2.45, 2.75) is 45.4 Å². The maximum atomic E-state index is 5.29. The van der Waals surface area contributed by atoms with Crippen LogP contribution in [0.2, 0.25) is 0 Å². The zero-order valence-electron chi connectivity index (χ0n) is 10.4. The molecule has 16 heavy (non-hydrogen) atoms. The Kier molecular flexibility index (Phi) is 3.28. The molecule has 90 valence electrons. The highest BCUT2D eigenvalue weighted by molar-refractivity contribution is 4.99. The quantitative estimate of drug-likeness (QED) is 0.832. The fourth-order valence-corrected chi connectivity index (χ4v) is 1.99. The van der Waals surface area contributed by atoms with Crippen LogP contribution in [0.25, 0.3) is 0 Å². The predicted octanol–water partition coefficient (Wildman–Crippen LogP) is 1.91. The molecule has 2 rings (SSSR count). The average Bonchev–Trinajstić information content (AvgIpc) is 2.67. The Bertz CT molecular complexity index is 334. The van der Waals surface area contributed by atoms with Crippen molar-refractivity contribution < 1.29 is 4.52 Å². The van der Waals surface area contributed by atoms with Crippen LogP contribution in [-0.4, -0.2) is 23.2 Å². The topological polar surface area (TPSA) is 51.0 Å². The predicted molar refractivity (Wildman–Crippen MR) is 62.3 cm³/mol. The molecule has 0 unspecified atom stereocenters. The Labute approximate surface area is 96.8 Å². The van der Waals surface area contributed by atoms with E-state index in [2.05, 4.69) is 36.2 Å². The van der Waals surface area contributed by atoms with Gasteiger partial charge in [0.2, 0.25) is 5.89 Å². The summed E-state index contributed by atoms with van der Waals surface area (Å²) in [5.41, 5.74) is -0.0423. The molecule has 0 amide bonds. The summed E-state index contributed by atoms with van der Waals surface area (Å²) in [5.74, 6) is 2.33. The number of piperidine rings is 1. The van der Waals surface area contributed by atoms with E-state index in [1.165, 1.54) is 12.8 Å². The molecular formula is C12H21N3O. The van der Waals surface area contributed by atoms with Gasteiger partial charge in [0.25, 0.3) is 0 Å². The van der Waals surface area contributed by atoms with Crippen molar-refractivity contribution in [3.63, 3.8) is 0 Å². The maximum Gasteiger partial charge on any atom is 0.232 e. The summed E-state index contributed by atoms with van der Waals surface area (Å²) in [6.07, 6.45) is 3.40. The first-order chi connectivity index (χ1) is 7.55. The number of hydrogen-bond donors (Lipinski definition) is 1. The molecule has 4 heteroatoms. The van der Waals surface area contributed by atoms with Crippen molar-refractivity contribution in [1.82, 2.24) is 15.5 Å². The molecule has 0 aromatic carbocycles. The van der Waals surface area contributed by atoms with Gasteiger partial charge in [-0.3, -0.25) is 0 Å². The molecular weight excluding hydrogens is 202 g/mol. The lowest BCUT2D eigenvalue weighted by atomic mass is 9.94. The van der Waals surface area contributed by atoms with Gasteiger partial charge >= 0.3 is 0 Å². The highest BCUT2D eigenvalue weighted by atomic mass is 16.5. The summed E-state index contributed by atoms with van der Waals surface area (Å²) in [4.78, 5) is 4.48. The molecule has 2 heterocycles. The SMILES string of the molecule is CC(C)(C)c1nc(CC2CCNCC2)no1. The number of nitrogens with zero attached hydrogens (tertiary/aromatic N) is 2. The molecule has 1 aliphatic rings. The minimum absolute atomic E-state index is 0.0423. The number of rotatable bonds is 2. The van der Waals surface area contributed by atoms with E-state index in [1.54, 1.807) is 0 Å². The van der Waals surface area contributed by atoms with Gasteiger partial charge in [0.1, 0.15) is 0 Å². The minimum atomic E-state index is -0.0423. The van der Waals surface area contributed by atoms with E-state index in [9.17, 15) is 0 Å². The largest absolute Gasteiger partial charge is 0.339 e. The van der Waals surface area contributed by atoms with Crippen LogP contribution in [0.3, 0.4) is 0 Å². The highest BCUT2D eigenvalue weighted by Crippen LogP contribution is 2.22. The fourth-order valence-electron chi connectivity index (χ4n) is 1.99. The first kappa shape index (κ1) is 11.6. The van der Waals surface area contributed by atoms with E-state index in [4.69, 9.17) is 4.52 Å². The molecule has 1 fully saturated rings. The van der Waals surface area contributed by atoms with Gasteiger partial charge in [0, 0.05) is 11.8 Å². The van der Waals surface area contributed by atoms with Crippen LogP contribution in [0.1, 0.15) is 45.3 Å². The summed E-state index contributed by atoms with van der Waals surface area (Å²) in [5, 5.41) is 7.44. The van der Waals surface area contributed by atoms with Crippen molar-refractivity contribution >= 4 is 0 Å². The Morgan fingerprint density at radius 2 is 2.00 bits per heavy atom. The first-order valence-corrected chi connectivity index (χ1v) is 6.09. The van der Waals surface area contributed by atoms with Gasteiger partial charge in [0.15, 0.2) is 5.82 Å². The van der Waals surface area contributed by atoms with Crippen LogP contribution in [0.5, 0.6) is 0 Å². The molecule has 0 atom stereocenters. The third-order valence-corrected chi connectivity index (χ3v) is 3.04. The second-order valence-electron chi connectivity index (χ2n) is 5.66. The Hall–Kier alpha value is -0.900. The van der Waals surface area contributed by atoms with Gasteiger partial charge in [-0.05, 0) is 31.8 Å². The lowest BCUT2D eigenvalue weighted by Gasteiger charge is -2.20. The fraction of sp³-hybridized carbons (Fsp3) is 0.833. The Morgan fingerprint density at radius 1 is 1.31 bits per heavy atom. The van der Waals surface area contributed by atoms with Crippen molar-refractivity contribution in [3.05, 3.63) is 11.7 Å². The number of nitrogens with one attached hydrogen (secondary N) is 1. The molecule has 1 saturated heterocycles. The molecule has 0 saturated carbocycles. The standard InChI is InChI=1S/C12H21N3O/c1-12(2,3)11-14-10(15-16-11)8-9-4-6-13-7-5-9/h9,13H,4-8H2,1-3H3. The maximum absolute atomic E-state index is 5.29. The van der Waals surface area contributed by atoms with Crippen LogP contribution >= 0.6 is 0 Å². The summed E-state index contributed by atoms with van der Waals surface area (Å²) >= 11 is 0. The van der Waals surface area contributed by atoms with Gasteiger partial charge in [-0.1, -0.05) is 25.9 Å². The van der Waals surface area contributed by atoms with Crippen molar-refractivity contribution in [2.75, 3.05) is 13.1 Å². The van der Waals surface area contributed by atoms with Crippen LogP contribution in [0.15, 0.2) is 4.52 Å². The van der Waals surface area contributed by atoms with Crippen LogP contribution in [0, 0.1) is 5.92 Å². The normalized spacial score (nSPS) is 18.9. The summed E-state index contributed by atoms with van der Waals surface area (Å²) in [7, 11) is 0. The highest BCUT2D eigenvalue weighted by Gasteiger charge is 2.23. The zero-order valence-corrected chi connectivity index (χ0v) is 10.4.